The highest BCUT2D eigenvalue weighted by molar-refractivity contribution is 7.12. The maximum atomic E-state index is 12.6. The molecule has 0 unspecified atom stereocenters. The van der Waals surface area contributed by atoms with E-state index in [4.69, 9.17) is 4.98 Å². The van der Waals surface area contributed by atoms with Crippen molar-refractivity contribution in [2.75, 3.05) is 32.7 Å². The van der Waals surface area contributed by atoms with Gasteiger partial charge in [0.15, 0.2) is 5.78 Å². The van der Waals surface area contributed by atoms with Crippen molar-refractivity contribution in [1.82, 2.24) is 19.4 Å². The minimum absolute atomic E-state index is 0.205. The van der Waals surface area contributed by atoms with Gasteiger partial charge in [-0.05, 0) is 29.1 Å². The smallest absolute Gasteiger partial charge is 0.174 e. The molecule has 1 aliphatic rings. The highest BCUT2D eigenvalue weighted by Gasteiger charge is 2.20. The lowest BCUT2D eigenvalue weighted by Gasteiger charge is -2.34. The van der Waals surface area contributed by atoms with E-state index < -0.39 is 0 Å². The van der Waals surface area contributed by atoms with Crippen LogP contribution >= 0.6 is 11.3 Å². The molecule has 2 aromatic carbocycles. The quantitative estimate of drug-likeness (QED) is 0.315. The molecule has 0 bridgehead atoms. The molecule has 3 heterocycles. The SMILES string of the molecule is O=C(CCn1c(CN2CCN(C/C=C/c3ccccc3)CC2)nc2ccccc21)c1cccs1. The summed E-state index contributed by atoms with van der Waals surface area (Å²) in [5.74, 6) is 1.26. The molecule has 0 spiro atoms. The minimum atomic E-state index is 0.205. The summed E-state index contributed by atoms with van der Waals surface area (Å²) in [5.41, 5.74) is 3.37. The molecule has 4 aromatic rings. The second-order valence-corrected chi connectivity index (χ2v) is 9.66. The van der Waals surface area contributed by atoms with E-state index in [9.17, 15) is 4.79 Å². The van der Waals surface area contributed by atoms with Gasteiger partial charge < -0.3 is 4.57 Å². The number of imidazole rings is 1. The minimum Gasteiger partial charge on any atom is -0.326 e. The molecule has 2 aromatic heterocycles. The van der Waals surface area contributed by atoms with E-state index in [1.165, 1.54) is 16.9 Å². The number of hydrogen-bond donors (Lipinski definition) is 0. The lowest BCUT2D eigenvalue weighted by atomic mass is 10.2. The summed E-state index contributed by atoms with van der Waals surface area (Å²) in [7, 11) is 0. The molecule has 1 aliphatic heterocycles. The zero-order valence-electron chi connectivity index (χ0n) is 19.3. The summed E-state index contributed by atoms with van der Waals surface area (Å²) in [4.78, 5) is 23.4. The molecular weight excluding hydrogens is 440 g/mol. The third-order valence-corrected chi connectivity index (χ3v) is 7.31. The van der Waals surface area contributed by atoms with Crippen LogP contribution in [0.1, 0.15) is 27.5 Å². The van der Waals surface area contributed by atoms with Crippen LogP contribution in [-0.4, -0.2) is 57.9 Å². The van der Waals surface area contributed by atoms with E-state index >= 15 is 0 Å². The average molecular weight is 471 g/mol. The first-order chi connectivity index (χ1) is 16.8. The number of Topliss-reactive ketones (excluding diaryl/α,β-unsaturated/α-hetero) is 1. The molecule has 174 valence electrons. The van der Waals surface area contributed by atoms with Gasteiger partial charge in [0.25, 0.3) is 0 Å². The topological polar surface area (TPSA) is 41.4 Å². The zero-order chi connectivity index (χ0) is 23.2. The average Bonchev–Trinajstić information content (AvgIpc) is 3.53. The number of nitrogens with zero attached hydrogens (tertiary/aromatic N) is 4. The first-order valence-corrected chi connectivity index (χ1v) is 12.8. The molecule has 1 saturated heterocycles. The van der Waals surface area contributed by atoms with E-state index in [0.29, 0.717) is 13.0 Å². The molecule has 5 nitrogen and oxygen atoms in total. The molecule has 0 N–H and O–H groups in total. The van der Waals surface area contributed by atoms with Crippen molar-refractivity contribution in [1.29, 1.82) is 0 Å². The van der Waals surface area contributed by atoms with Gasteiger partial charge in [-0.15, -0.1) is 11.3 Å². The fourth-order valence-corrected chi connectivity index (χ4v) is 5.20. The van der Waals surface area contributed by atoms with Crippen LogP contribution in [0.4, 0.5) is 0 Å². The van der Waals surface area contributed by atoms with Crippen molar-refractivity contribution in [2.24, 2.45) is 0 Å². The molecule has 0 amide bonds. The van der Waals surface area contributed by atoms with E-state index in [1.807, 2.05) is 35.7 Å². The van der Waals surface area contributed by atoms with Crippen molar-refractivity contribution in [2.45, 2.75) is 19.5 Å². The Labute approximate surface area is 205 Å². The van der Waals surface area contributed by atoms with Gasteiger partial charge in [0.2, 0.25) is 0 Å². The number of carbonyl (C=O) groups is 1. The maximum absolute atomic E-state index is 12.6. The van der Waals surface area contributed by atoms with Gasteiger partial charge in [-0.1, -0.05) is 60.7 Å². The molecule has 6 heteroatoms. The Morgan fingerprint density at radius 1 is 0.912 bits per heavy atom. The Kier molecular flexibility index (Phi) is 7.29. The molecule has 5 rings (SSSR count). The molecule has 0 radical (unpaired) electrons. The molecule has 0 aliphatic carbocycles. The van der Waals surface area contributed by atoms with Crippen LogP contribution in [-0.2, 0) is 13.1 Å². The number of thiophene rings is 1. The first-order valence-electron chi connectivity index (χ1n) is 11.9. The largest absolute Gasteiger partial charge is 0.326 e. The molecule has 0 atom stereocenters. The van der Waals surface area contributed by atoms with Gasteiger partial charge in [-0.25, -0.2) is 4.98 Å². The van der Waals surface area contributed by atoms with E-state index in [0.717, 1.165) is 61.0 Å². The third kappa shape index (κ3) is 5.53. The van der Waals surface area contributed by atoms with Crippen molar-refractivity contribution < 1.29 is 4.79 Å². The fraction of sp³-hybridized carbons (Fsp3) is 0.286. The van der Waals surface area contributed by atoms with Gasteiger partial charge in [-0.3, -0.25) is 14.6 Å². The van der Waals surface area contributed by atoms with Gasteiger partial charge in [0.1, 0.15) is 5.82 Å². The number of benzene rings is 2. The number of carbonyl (C=O) groups excluding carboxylic acids is 1. The summed E-state index contributed by atoms with van der Waals surface area (Å²) >= 11 is 1.52. The van der Waals surface area contributed by atoms with E-state index in [1.54, 1.807) is 0 Å². The van der Waals surface area contributed by atoms with Gasteiger partial charge in [-0.2, -0.15) is 0 Å². The lowest BCUT2D eigenvalue weighted by Crippen LogP contribution is -2.46. The fourth-order valence-electron chi connectivity index (χ4n) is 4.50. The Hall–Kier alpha value is -3.06. The molecule has 0 saturated carbocycles. The number of aromatic nitrogens is 2. The predicted molar refractivity (Wildman–Crippen MR) is 140 cm³/mol. The van der Waals surface area contributed by atoms with Crippen LogP contribution in [0.25, 0.3) is 17.1 Å². The summed E-state index contributed by atoms with van der Waals surface area (Å²) in [6.07, 6.45) is 4.95. The first kappa shape index (κ1) is 22.7. The standard InChI is InChI=1S/C28H30N4OS/c33-26(27-13-7-21-34-27)14-16-32-25-12-5-4-11-24(25)29-28(32)22-31-19-17-30(18-20-31)15-6-10-23-8-2-1-3-9-23/h1-13,21H,14-20,22H2/b10-6+. The third-order valence-electron chi connectivity index (χ3n) is 6.40. The number of piperazine rings is 1. The number of aryl methyl sites for hydroxylation is 1. The summed E-state index contributed by atoms with van der Waals surface area (Å²) < 4.78 is 2.25. The van der Waals surface area contributed by atoms with Crippen LogP contribution in [0.5, 0.6) is 0 Å². The van der Waals surface area contributed by atoms with Crippen LogP contribution in [0, 0.1) is 0 Å². The Balaban J connectivity index is 1.20. The van der Waals surface area contributed by atoms with Gasteiger partial charge in [0, 0.05) is 45.7 Å². The number of rotatable bonds is 9. The monoisotopic (exact) mass is 470 g/mol. The van der Waals surface area contributed by atoms with Crippen molar-refractivity contribution in [3.63, 3.8) is 0 Å². The van der Waals surface area contributed by atoms with Crippen LogP contribution in [0.15, 0.2) is 78.2 Å². The summed E-state index contributed by atoms with van der Waals surface area (Å²) in [6.45, 7) is 6.61. The van der Waals surface area contributed by atoms with Crippen molar-refractivity contribution >= 4 is 34.2 Å². The van der Waals surface area contributed by atoms with Gasteiger partial charge in [0.05, 0.1) is 22.5 Å². The number of ketones is 1. The van der Waals surface area contributed by atoms with Gasteiger partial charge >= 0.3 is 0 Å². The molecular formula is C28H30N4OS. The van der Waals surface area contributed by atoms with Crippen LogP contribution in [0.2, 0.25) is 0 Å². The maximum Gasteiger partial charge on any atom is 0.174 e. The highest BCUT2D eigenvalue weighted by Crippen LogP contribution is 2.20. The molecule has 34 heavy (non-hydrogen) atoms. The number of para-hydroxylation sites is 2. The second kappa shape index (κ2) is 10.9. The Morgan fingerprint density at radius 3 is 2.47 bits per heavy atom. The second-order valence-electron chi connectivity index (χ2n) is 8.71. The number of fused-ring (bicyclic) bond motifs is 1. The lowest BCUT2D eigenvalue weighted by molar-refractivity contribution is 0.0980. The Morgan fingerprint density at radius 2 is 1.68 bits per heavy atom. The normalized spacial score (nSPS) is 15.4. The van der Waals surface area contributed by atoms with E-state index in [-0.39, 0.29) is 5.78 Å². The zero-order valence-corrected chi connectivity index (χ0v) is 20.2. The van der Waals surface area contributed by atoms with E-state index in [2.05, 4.69) is 62.9 Å². The molecule has 1 fully saturated rings. The summed E-state index contributed by atoms with van der Waals surface area (Å²) in [5, 5.41) is 1.96. The van der Waals surface area contributed by atoms with Crippen molar-refractivity contribution in [3.05, 3.63) is 94.5 Å². The van der Waals surface area contributed by atoms with Crippen molar-refractivity contribution in [3.8, 4) is 0 Å². The number of hydrogen-bond acceptors (Lipinski definition) is 5. The Bertz CT molecular complexity index is 1240. The van der Waals surface area contributed by atoms with Crippen LogP contribution < -0.4 is 0 Å². The summed E-state index contributed by atoms with van der Waals surface area (Å²) in [6, 6.07) is 22.6. The highest BCUT2D eigenvalue weighted by atomic mass is 32.1. The predicted octanol–water partition coefficient (Wildman–Crippen LogP) is 5.20. The van der Waals surface area contributed by atoms with Crippen LogP contribution in [0.3, 0.4) is 0 Å².